The van der Waals surface area contributed by atoms with E-state index >= 15 is 0 Å². The minimum atomic E-state index is 0.0911. The van der Waals surface area contributed by atoms with Crippen molar-refractivity contribution in [2.24, 2.45) is 4.99 Å². The molecule has 5 nitrogen and oxygen atoms in total. The number of aliphatic imine (C=N–C) groups is 1. The van der Waals surface area contributed by atoms with Crippen molar-refractivity contribution in [2.45, 2.75) is 76.3 Å². The van der Waals surface area contributed by atoms with Crippen LogP contribution in [0.1, 0.15) is 69.8 Å². The zero-order valence-electron chi connectivity index (χ0n) is 20.2. The molecule has 34 heavy (non-hydrogen) atoms. The summed E-state index contributed by atoms with van der Waals surface area (Å²) in [6.07, 6.45) is 13.8. The van der Waals surface area contributed by atoms with Crippen molar-refractivity contribution in [3.8, 4) is 11.5 Å². The molecule has 0 atom stereocenters. The SMILES string of the molecule is COc1ccc2ccc(OC)c(C=C3SC(=NC4CCCCC4)N(C4CCCCC4)C3=O)c2c1. The fourth-order valence-corrected chi connectivity index (χ4v) is 6.58. The van der Waals surface area contributed by atoms with Crippen molar-refractivity contribution >= 4 is 39.7 Å². The van der Waals surface area contributed by atoms with Gasteiger partial charge < -0.3 is 9.47 Å². The maximum Gasteiger partial charge on any atom is 0.267 e. The van der Waals surface area contributed by atoms with Gasteiger partial charge in [0.05, 0.1) is 25.2 Å². The Balaban J connectivity index is 1.57. The van der Waals surface area contributed by atoms with Crippen LogP contribution in [-0.2, 0) is 4.79 Å². The number of carbonyl (C=O) groups is 1. The third-order valence-corrected chi connectivity index (χ3v) is 8.37. The number of amides is 1. The van der Waals surface area contributed by atoms with Crippen molar-refractivity contribution in [1.29, 1.82) is 0 Å². The lowest BCUT2D eigenvalue weighted by molar-refractivity contribution is -0.124. The molecule has 0 radical (unpaired) electrons. The van der Waals surface area contributed by atoms with Crippen LogP contribution in [0.2, 0.25) is 0 Å². The van der Waals surface area contributed by atoms with Crippen LogP contribution in [0.3, 0.4) is 0 Å². The van der Waals surface area contributed by atoms with Gasteiger partial charge in [0.2, 0.25) is 0 Å². The van der Waals surface area contributed by atoms with E-state index in [-0.39, 0.29) is 11.9 Å². The fourth-order valence-electron chi connectivity index (χ4n) is 5.49. The van der Waals surface area contributed by atoms with Crippen molar-refractivity contribution in [3.05, 3.63) is 40.8 Å². The number of methoxy groups -OCH3 is 2. The van der Waals surface area contributed by atoms with E-state index in [9.17, 15) is 4.79 Å². The third kappa shape index (κ3) is 4.70. The molecule has 0 aromatic heterocycles. The number of carbonyl (C=O) groups excluding carboxylic acids is 1. The van der Waals surface area contributed by atoms with E-state index in [0.29, 0.717) is 6.04 Å². The molecule has 1 aliphatic heterocycles. The number of nitrogens with zero attached hydrogens (tertiary/aromatic N) is 2. The monoisotopic (exact) mass is 478 g/mol. The molecule has 5 rings (SSSR count). The average molecular weight is 479 g/mol. The molecule has 3 fully saturated rings. The predicted octanol–water partition coefficient (Wildman–Crippen LogP) is 6.79. The first-order valence-electron chi connectivity index (χ1n) is 12.6. The lowest BCUT2D eigenvalue weighted by atomic mass is 9.94. The van der Waals surface area contributed by atoms with Gasteiger partial charge in [0, 0.05) is 11.6 Å². The molecule has 3 aliphatic rings. The molecule has 1 saturated heterocycles. The smallest absolute Gasteiger partial charge is 0.267 e. The van der Waals surface area contributed by atoms with Crippen molar-refractivity contribution in [2.75, 3.05) is 14.2 Å². The summed E-state index contributed by atoms with van der Waals surface area (Å²) >= 11 is 1.55. The van der Waals surface area contributed by atoms with Crippen LogP contribution in [-0.4, -0.2) is 42.3 Å². The number of hydrogen-bond acceptors (Lipinski definition) is 5. The van der Waals surface area contributed by atoms with Gasteiger partial charge in [-0.3, -0.25) is 14.7 Å². The standard InChI is InChI=1S/C28H34N2O3S/c1-32-22-15-13-19-14-16-25(33-2)24(23(19)17-22)18-26-27(31)30(21-11-7-4-8-12-21)28(34-26)29-20-9-5-3-6-10-20/h13-18,20-21H,3-12H2,1-2H3. The second-order valence-corrected chi connectivity index (χ2v) is 10.6. The molecule has 0 unspecified atom stereocenters. The van der Waals surface area contributed by atoms with Gasteiger partial charge >= 0.3 is 0 Å². The van der Waals surface area contributed by atoms with Crippen molar-refractivity contribution < 1.29 is 14.3 Å². The first kappa shape index (κ1) is 23.3. The Labute approximate surface area is 206 Å². The Kier molecular flexibility index (Phi) is 7.14. The minimum Gasteiger partial charge on any atom is -0.497 e. The molecule has 0 bridgehead atoms. The molecular formula is C28H34N2O3S. The summed E-state index contributed by atoms with van der Waals surface area (Å²) in [5.74, 6) is 1.63. The zero-order chi connectivity index (χ0) is 23.5. The van der Waals surface area contributed by atoms with Crippen LogP contribution in [0.15, 0.2) is 40.2 Å². The molecular weight excluding hydrogens is 444 g/mol. The Morgan fingerprint density at radius 3 is 2.35 bits per heavy atom. The maximum absolute atomic E-state index is 13.8. The number of ether oxygens (including phenoxy) is 2. The first-order valence-corrected chi connectivity index (χ1v) is 13.4. The average Bonchev–Trinajstić information content (AvgIpc) is 3.19. The molecule has 1 heterocycles. The fraction of sp³-hybridized carbons (Fsp3) is 0.500. The largest absolute Gasteiger partial charge is 0.497 e. The van der Waals surface area contributed by atoms with E-state index in [1.807, 2.05) is 41.3 Å². The number of benzene rings is 2. The van der Waals surface area contributed by atoms with E-state index in [1.54, 1.807) is 26.0 Å². The Bertz CT molecular complexity index is 1110. The number of thioether (sulfide) groups is 1. The van der Waals surface area contributed by atoms with Crippen molar-refractivity contribution in [3.63, 3.8) is 0 Å². The van der Waals surface area contributed by atoms with Gasteiger partial charge in [-0.1, -0.05) is 50.7 Å². The summed E-state index contributed by atoms with van der Waals surface area (Å²) < 4.78 is 11.2. The van der Waals surface area contributed by atoms with Crippen LogP contribution >= 0.6 is 11.8 Å². The Hall–Kier alpha value is -2.47. The van der Waals surface area contributed by atoms with E-state index < -0.39 is 0 Å². The van der Waals surface area contributed by atoms with E-state index in [1.165, 1.54) is 38.5 Å². The molecule has 180 valence electrons. The lowest BCUT2D eigenvalue weighted by Crippen LogP contribution is -2.41. The topological polar surface area (TPSA) is 51.1 Å². The zero-order valence-corrected chi connectivity index (χ0v) is 21.0. The molecule has 0 N–H and O–H groups in total. The van der Waals surface area contributed by atoms with Gasteiger partial charge in [-0.05, 0) is 72.5 Å². The van der Waals surface area contributed by atoms with Gasteiger partial charge in [0.15, 0.2) is 5.17 Å². The highest BCUT2D eigenvalue weighted by molar-refractivity contribution is 8.18. The molecule has 2 aliphatic carbocycles. The summed E-state index contributed by atoms with van der Waals surface area (Å²) in [5, 5.41) is 3.01. The van der Waals surface area contributed by atoms with Crippen LogP contribution in [0.5, 0.6) is 11.5 Å². The van der Waals surface area contributed by atoms with Crippen molar-refractivity contribution in [1.82, 2.24) is 4.90 Å². The summed E-state index contributed by atoms with van der Waals surface area (Å²) in [4.78, 5) is 21.7. The van der Waals surface area contributed by atoms with E-state index in [2.05, 4.69) is 0 Å². The maximum atomic E-state index is 13.8. The first-order chi connectivity index (χ1) is 16.7. The van der Waals surface area contributed by atoms with E-state index in [4.69, 9.17) is 14.5 Å². The molecule has 1 amide bonds. The third-order valence-electron chi connectivity index (χ3n) is 7.37. The summed E-state index contributed by atoms with van der Waals surface area (Å²) in [6.45, 7) is 0. The number of amidine groups is 1. The lowest BCUT2D eigenvalue weighted by Gasteiger charge is -2.31. The molecule has 2 aromatic carbocycles. The highest BCUT2D eigenvalue weighted by Crippen LogP contribution is 2.41. The Morgan fingerprint density at radius 2 is 1.65 bits per heavy atom. The number of fused-ring (bicyclic) bond motifs is 1. The molecule has 2 saturated carbocycles. The van der Waals surface area contributed by atoms with Crippen LogP contribution < -0.4 is 9.47 Å². The summed E-state index contributed by atoms with van der Waals surface area (Å²) in [6, 6.07) is 10.6. The summed E-state index contributed by atoms with van der Waals surface area (Å²) in [5.41, 5.74) is 0.914. The molecule has 0 spiro atoms. The molecule has 2 aromatic rings. The normalized spacial score (nSPS) is 22.8. The van der Waals surface area contributed by atoms with Gasteiger partial charge in [-0.2, -0.15) is 0 Å². The van der Waals surface area contributed by atoms with Gasteiger partial charge in [0.25, 0.3) is 5.91 Å². The van der Waals surface area contributed by atoms with Crippen LogP contribution in [0, 0.1) is 0 Å². The minimum absolute atomic E-state index is 0.0911. The Morgan fingerprint density at radius 1 is 0.941 bits per heavy atom. The van der Waals surface area contributed by atoms with Gasteiger partial charge in [-0.15, -0.1) is 0 Å². The van der Waals surface area contributed by atoms with Gasteiger partial charge in [-0.25, -0.2) is 0 Å². The second-order valence-electron chi connectivity index (χ2n) is 9.55. The number of rotatable bonds is 5. The van der Waals surface area contributed by atoms with Gasteiger partial charge in [0.1, 0.15) is 11.5 Å². The highest BCUT2D eigenvalue weighted by atomic mass is 32.2. The quantitative estimate of drug-likeness (QED) is 0.444. The predicted molar refractivity (Wildman–Crippen MR) is 141 cm³/mol. The number of hydrogen-bond donors (Lipinski definition) is 0. The summed E-state index contributed by atoms with van der Waals surface area (Å²) in [7, 11) is 3.35. The van der Waals surface area contributed by atoms with Crippen LogP contribution in [0.4, 0.5) is 0 Å². The van der Waals surface area contributed by atoms with Crippen LogP contribution in [0.25, 0.3) is 16.8 Å². The van der Waals surface area contributed by atoms with E-state index in [0.717, 1.165) is 63.6 Å². The highest BCUT2D eigenvalue weighted by Gasteiger charge is 2.39. The molecule has 6 heteroatoms. The second kappa shape index (κ2) is 10.4.